The molecule has 20 heavy (non-hydrogen) atoms. The van der Waals surface area contributed by atoms with Crippen LogP contribution in [0.15, 0.2) is 29.2 Å². The Labute approximate surface area is 125 Å². The standard InChI is InChI=1S/C16H25FN2S/c1-2-12-6-3-4-9-15(12)16(19-18)11-20-14-8-5-7-13(17)10-14/h5,7-8,10,12,15-16,19H,2-4,6,9,11,18H2,1H3. The van der Waals surface area contributed by atoms with Crippen molar-refractivity contribution in [1.29, 1.82) is 0 Å². The van der Waals surface area contributed by atoms with E-state index in [1.54, 1.807) is 23.9 Å². The Kier molecular flexibility index (Phi) is 6.33. The monoisotopic (exact) mass is 296 g/mol. The van der Waals surface area contributed by atoms with E-state index in [0.717, 1.165) is 16.6 Å². The Morgan fingerprint density at radius 2 is 2.20 bits per heavy atom. The quantitative estimate of drug-likeness (QED) is 0.474. The maximum absolute atomic E-state index is 13.2. The average molecular weight is 296 g/mol. The van der Waals surface area contributed by atoms with E-state index in [4.69, 9.17) is 5.84 Å². The summed E-state index contributed by atoms with van der Waals surface area (Å²) in [6.07, 6.45) is 6.47. The van der Waals surface area contributed by atoms with E-state index in [9.17, 15) is 4.39 Å². The van der Waals surface area contributed by atoms with Crippen LogP contribution in [0.1, 0.15) is 39.0 Å². The Bertz CT molecular complexity index is 413. The lowest BCUT2D eigenvalue weighted by Gasteiger charge is -2.36. The van der Waals surface area contributed by atoms with E-state index in [0.29, 0.717) is 12.0 Å². The van der Waals surface area contributed by atoms with Gasteiger partial charge in [0.15, 0.2) is 0 Å². The first-order valence-electron chi connectivity index (χ1n) is 7.59. The second-order valence-electron chi connectivity index (χ2n) is 5.66. The molecule has 3 unspecified atom stereocenters. The normalized spacial score (nSPS) is 24.6. The van der Waals surface area contributed by atoms with Crippen molar-refractivity contribution in [3.63, 3.8) is 0 Å². The zero-order chi connectivity index (χ0) is 14.4. The molecule has 3 atom stereocenters. The molecule has 112 valence electrons. The van der Waals surface area contributed by atoms with Crippen LogP contribution in [0.5, 0.6) is 0 Å². The third-order valence-electron chi connectivity index (χ3n) is 4.45. The van der Waals surface area contributed by atoms with Crippen LogP contribution in [0.3, 0.4) is 0 Å². The number of benzene rings is 1. The third-order valence-corrected chi connectivity index (χ3v) is 5.56. The van der Waals surface area contributed by atoms with Crippen LogP contribution in [-0.4, -0.2) is 11.8 Å². The molecule has 0 heterocycles. The Morgan fingerprint density at radius 3 is 2.90 bits per heavy atom. The molecule has 1 saturated carbocycles. The summed E-state index contributed by atoms with van der Waals surface area (Å²) in [5.74, 6) is 7.94. The fourth-order valence-electron chi connectivity index (χ4n) is 3.31. The van der Waals surface area contributed by atoms with Crippen molar-refractivity contribution in [3.05, 3.63) is 30.1 Å². The first kappa shape index (κ1) is 15.8. The molecule has 0 spiro atoms. The molecule has 0 bridgehead atoms. The van der Waals surface area contributed by atoms with Crippen LogP contribution in [0.4, 0.5) is 4.39 Å². The number of halogens is 1. The predicted molar refractivity (Wildman–Crippen MR) is 84.0 cm³/mol. The summed E-state index contributed by atoms with van der Waals surface area (Å²) in [5.41, 5.74) is 3.01. The molecular formula is C16H25FN2S. The molecule has 1 aromatic rings. The van der Waals surface area contributed by atoms with Gasteiger partial charge in [0.2, 0.25) is 0 Å². The van der Waals surface area contributed by atoms with Gasteiger partial charge in [0, 0.05) is 16.7 Å². The summed E-state index contributed by atoms with van der Waals surface area (Å²) >= 11 is 1.69. The number of nitrogens with two attached hydrogens (primary N) is 1. The molecule has 0 amide bonds. The van der Waals surface area contributed by atoms with Gasteiger partial charge in [0.05, 0.1) is 0 Å². The summed E-state index contributed by atoms with van der Waals surface area (Å²) in [6.45, 7) is 2.27. The van der Waals surface area contributed by atoms with Crippen molar-refractivity contribution >= 4 is 11.8 Å². The van der Waals surface area contributed by atoms with Crippen molar-refractivity contribution in [1.82, 2.24) is 5.43 Å². The highest BCUT2D eigenvalue weighted by molar-refractivity contribution is 7.99. The molecule has 3 N–H and O–H groups in total. The van der Waals surface area contributed by atoms with Gasteiger partial charge < -0.3 is 0 Å². The summed E-state index contributed by atoms with van der Waals surface area (Å²) in [4.78, 5) is 0.981. The van der Waals surface area contributed by atoms with E-state index < -0.39 is 0 Å². The second-order valence-corrected chi connectivity index (χ2v) is 6.75. The summed E-state index contributed by atoms with van der Waals surface area (Å²) in [6, 6.07) is 7.11. The zero-order valence-electron chi connectivity index (χ0n) is 12.1. The van der Waals surface area contributed by atoms with Crippen molar-refractivity contribution < 1.29 is 4.39 Å². The average Bonchev–Trinajstić information content (AvgIpc) is 2.48. The van der Waals surface area contributed by atoms with Gasteiger partial charge in [-0.15, -0.1) is 11.8 Å². The smallest absolute Gasteiger partial charge is 0.124 e. The number of nitrogens with one attached hydrogen (secondary N) is 1. The van der Waals surface area contributed by atoms with E-state index >= 15 is 0 Å². The number of hydrogen-bond donors (Lipinski definition) is 2. The van der Waals surface area contributed by atoms with Crippen LogP contribution >= 0.6 is 11.8 Å². The minimum atomic E-state index is -0.170. The SMILES string of the molecule is CCC1CCCCC1C(CSc1cccc(F)c1)NN. The number of hydrogen-bond acceptors (Lipinski definition) is 3. The first-order chi connectivity index (χ1) is 9.74. The van der Waals surface area contributed by atoms with Crippen LogP contribution in [0, 0.1) is 17.7 Å². The number of rotatable bonds is 6. The van der Waals surface area contributed by atoms with Crippen molar-refractivity contribution in [2.45, 2.75) is 50.0 Å². The van der Waals surface area contributed by atoms with E-state index in [2.05, 4.69) is 12.3 Å². The third kappa shape index (κ3) is 4.21. The van der Waals surface area contributed by atoms with E-state index in [-0.39, 0.29) is 5.82 Å². The van der Waals surface area contributed by atoms with Gasteiger partial charge in [0.25, 0.3) is 0 Å². The lowest BCUT2D eigenvalue weighted by Crippen LogP contribution is -2.46. The zero-order valence-corrected chi connectivity index (χ0v) is 13.0. The second kappa shape index (κ2) is 8.01. The Hall–Kier alpha value is -0.580. The molecule has 0 radical (unpaired) electrons. The number of thioether (sulfide) groups is 1. The first-order valence-corrected chi connectivity index (χ1v) is 8.57. The van der Waals surface area contributed by atoms with Crippen LogP contribution < -0.4 is 11.3 Å². The van der Waals surface area contributed by atoms with Crippen molar-refractivity contribution in [2.75, 3.05) is 5.75 Å². The van der Waals surface area contributed by atoms with Crippen LogP contribution in [-0.2, 0) is 0 Å². The molecule has 1 aromatic carbocycles. The highest BCUT2D eigenvalue weighted by Gasteiger charge is 2.30. The van der Waals surface area contributed by atoms with Crippen molar-refractivity contribution in [2.24, 2.45) is 17.7 Å². The highest BCUT2D eigenvalue weighted by Crippen LogP contribution is 2.36. The molecule has 0 aliphatic heterocycles. The molecular weight excluding hydrogens is 271 g/mol. The molecule has 0 aromatic heterocycles. The van der Waals surface area contributed by atoms with Gasteiger partial charge in [0.1, 0.15) is 5.82 Å². The molecule has 4 heteroatoms. The molecule has 1 fully saturated rings. The summed E-state index contributed by atoms with van der Waals surface area (Å²) < 4.78 is 13.2. The fourth-order valence-corrected chi connectivity index (χ4v) is 4.40. The fraction of sp³-hybridized carbons (Fsp3) is 0.625. The lowest BCUT2D eigenvalue weighted by molar-refractivity contribution is 0.186. The van der Waals surface area contributed by atoms with Gasteiger partial charge >= 0.3 is 0 Å². The van der Waals surface area contributed by atoms with Crippen LogP contribution in [0.2, 0.25) is 0 Å². The Balaban J connectivity index is 1.94. The number of hydrazine groups is 1. The molecule has 0 saturated heterocycles. The molecule has 2 nitrogen and oxygen atoms in total. The summed E-state index contributed by atoms with van der Waals surface area (Å²) in [5, 5.41) is 0. The predicted octanol–water partition coefficient (Wildman–Crippen LogP) is 3.97. The van der Waals surface area contributed by atoms with E-state index in [1.807, 2.05) is 6.07 Å². The highest BCUT2D eigenvalue weighted by atomic mass is 32.2. The van der Waals surface area contributed by atoms with Crippen molar-refractivity contribution in [3.8, 4) is 0 Å². The summed E-state index contributed by atoms with van der Waals surface area (Å²) in [7, 11) is 0. The Morgan fingerprint density at radius 1 is 1.40 bits per heavy atom. The minimum absolute atomic E-state index is 0.170. The van der Waals surface area contributed by atoms with Gasteiger partial charge in [-0.1, -0.05) is 38.7 Å². The van der Waals surface area contributed by atoms with Gasteiger partial charge in [-0.05, 0) is 36.5 Å². The maximum Gasteiger partial charge on any atom is 0.124 e. The molecule has 1 aliphatic rings. The topological polar surface area (TPSA) is 38.0 Å². The molecule has 1 aliphatic carbocycles. The van der Waals surface area contributed by atoms with Crippen LogP contribution in [0.25, 0.3) is 0 Å². The molecule has 2 rings (SSSR count). The van der Waals surface area contributed by atoms with E-state index in [1.165, 1.54) is 38.2 Å². The van der Waals surface area contributed by atoms with Gasteiger partial charge in [-0.25, -0.2) is 4.39 Å². The maximum atomic E-state index is 13.2. The lowest BCUT2D eigenvalue weighted by atomic mass is 9.74. The minimum Gasteiger partial charge on any atom is -0.271 e. The largest absolute Gasteiger partial charge is 0.271 e. The van der Waals surface area contributed by atoms with Gasteiger partial charge in [-0.2, -0.15) is 0 Å². The van der Waals surface area contributed by atoms with Gasteiger partial charge in [-0.3, -0.25) is 11.3 Å².